The molecule has 0 aliphatic carbocycles. The molecule has 0 aliphatic heterocycles. The maximum Gasteiger partial charge on any atom is 0.242 e. The first-order valence-electron chi connectivity index (χ1n) is 12.0. The molecule has 0 saturated carbocycles. The highest BCUT2D eigenvalue weighted by atomic mass is 35.5. The van der Waals surface area contributed by atoms with Gasteiger partial charge in [0.15, 0.2) is 0 Å². The van der Waals surface area contributed by atoms with Crippen LogP contribution < -0.4 is 14.4 Å². The Morgan fingerprint density at radius 3 is 2.35 bits per heavy atom. The first-order chi connectivity index (χ1) is 17.3. The number of halogens is 2. The van der Waals surface area contributed by atoms with E-state index >= 15 is 0 Å². The van der Waals surface area contributed by atoms with Crippen LogP contribution in [-0.2, 0) is 26.2 Å². The van der Waals surface area contributed by atoms with Crippen molar-refractivity contribution in [3.63, 3.8) is 0 Å². The van der Waals surface area contributed by atoms with Crippen molar-refractivity contribution in [2.24, 2.45) is 5.92 Å². The fourth-order valence-corrected chi connectivity index (χ4v) is 5.10. The standard InChI is InChI=1S/C26H35Cl2N3O5S/c1-18(2)16-29-26(33)19(3)30(17-20-8-6-9-21(27)14-20)25(32)10-7-13-31(37(5,34)35)22-11-12-24(36-4)23(28)15-22/h6,8-9,11-12,14-15,18-19H,7,10,13,16-17H2,1-5H3,(H,29,33)/t19-/m1/s1. The molecule has 2 rings (SSSR count). The van der Waals surface area contributed by atoms with E-state index in [4.69, 9.17) is 27.9 Å². The SMILES string of the molecule is COc1ccc(N(CCCC(=O)N(Cc2cccc(Cl)c2)[C@H](C)C(=O)NCC(C)C)S(C)(=O)=O)cc1Cl. The van der Waals surface area contributed by atoms with Crippen LogP contribution in [0.1, 0.15) is 39.2 Å². The smallest absolute Gasteiger partial charge is 0.242 e. The Morgan fingerprint density at radius 2 is 1.78 bits per heavy atom. The van der Waals surface area contributed by atoms with E-state index in [0.29, 0.717) is 23.0 Å². The van der Waals surface area contributed by atoms with E-state index in [1.54, 1.807) is 37.3 Å². The molecular weight excluding hydrogens is 537 g/mol. The predicted octanol–water partition coefficient (Wildman–Crippen LogP) is 4.74. The second-order valence-corrected chi connectivity index (χ2v) is 12.0. The third-order valence-corrected chi connectivity index (χ3v) is 7.39. The normalized spacial score (nSPS) is 12.2. The molecule has 1 atom stereocenters. The zero-order chi connectivity index (χ0) is 27.8. The number of hydrogen-bond acceptors (Lipinski definition) is 5. The van der Waals surface area contributed by atoms with Gasteiger partial charge in [-0.3, -0.25) is 13.9 Å². The minimum Gasteiger partial charge on any atom is -0.495 e. The number of methoxy groups -OCH3 is 1. The lowest BCUT2D eigenvalue weighted by Gasteiger charge is -2.29. The monoisotopic (exact) mass is 571 g/mol. The van der Waals surface area contributed by atoms with Crippen LogP contribution in [0.5, 0.6) is 5.75 Å². The van der Waals surface area contributed by atoms with Crippen molar-refractivity contribution in [1.82, 2.24) is 10.2 Å². The molecule has 2 amide bonds. The number of hydrogen-bond donors (Lipinski definition) is 1. The van der Waals surface area contributed by atoms with Crippen LogP contribution >= 0.6 is 23.2 Å². The highest BCUT2D eigenvalue weighted by molar-refractivity contribution is 7.92. The minimum absolute atomic E-state index is 0.0400. The molecule has 0 bridgehead atoms. The predicted molar refractivity (Wildman–Crippen MR) is 149 cm³/mol. The van der Waals surface area contributed by atoms with Gasteiger partial charge in [-0.1, -0.05) is 49.2 Å². The molecule has 0 fully saturated rings. The third kappa shape index (κ3) is 9.39. The Morgan fingerprint density at radius 1 is 1.08 bits per heavy atom. The molecule has 0 heterocycles. The van der Waals surface area contributed by atoms with Crippen molar-refractivity contribution >= 4 is 50.7 Å². The van der Waals surface area contributed by atoms with Crippen molar-refractivity contribution < 1.29 is 22.7 Å². The highest BCUT2D eigenvalue weighted by Crippen LogP contribution is 2.30. The quantitative estimate of drug-likeness (QED) is 0.374. The van der Waals surface area contributed by atoms with Crippen molar-refractivity contribution in [2.45, 2.75) is 46.2 Å². The van der Waals surface area contributed by atoms with E-state index in [-0.39, 0.29) is 48.7 Å². The van der Waals surface area contributed by atoms with Gasteiger partial charge in [-0.15, -0.1) is 0 Å². The van der Waals surface area contributed by atoms with E-state index in [1.807, 2.05) is 19.9 Å². The van der Waals surface area contributed by atoms with Gasteiger partial charge < -0.3 is 15.0 Å². The van der Waals surface area contributed by atoms with Gasteiger partial charge in [0.2, 0.25) is 21.8 Å². The van der Waals surface area contributed by atoms with Crippen LogP contribution in [-0.4, -0.2) is 57.6 Å². The lowest BCUT2D eigenvalue weighted by Crippen LogP contribution is -2.48. The van der Waals surface area contributed by atoms with Gasteiger partial charge in [0.1, 0.15) is 11.8 Å². The summed E-state index contributed by atoms with van der Waals surface area (Å²) in [6, 6.07) is 11.1. The van der Waals surface area contributed by atoms with Crippen molar-refractivity contribution in [3.05, 3.63) is 58.1 Å². The Bertz CT molecular complexity index is 1190. The molecule has 0 aromatic heterocycles. The Balaban J connectivity index is 2.18. The van der Waals surface area contributed by atoms with Crippen molar-refractivity contribution in [1.29, 1.82) is 0 Å². The molecule has 0 unspecified atom stereocenters. The van der Waals surface area contributed by atoms with Gasteiger partial charge >= 0.3 is 0 Å². The van der Waals surface area contributed by atoms with Crippen LogP contribution in [0.4, 0.5) is 5.69 Å². The highest BCUT2D eigenvalue weighted by Gasteiger charge is 2.27. The number of sulfonamides is 1. The Hall–Kier alpha value is -2.49. The molecule has 0 aliphatic rings. The van der Waals surface area contributed by atoms with E-state index < -0.39 is 16.1 Å². The molecule has 204 valence electrons. The van der Waals surface area contributed by atoms with Crippen LogP contribution in [0.2, 0.25) is 10.0 Å². The van der Waals surface area contributed by atoms with Gasteiger partial charge in [-0.05, 0) is 55.2 Å². The summed E-state index contributed by atoms with van der Waals surface area (Å²) >= 11 is 12.3. The summed E-state index contributed by atoms with van der Waals surface area (Å²) in [6.45, 7) is 6.41. The molecule has 11 heteroatoms. The first kappa shape index (κ1) is 30.7. The molecule has 2 aromatic carbocycles. The molecular formula is C26H35Cl2N3O5S. The van der Waals surface area contributed by atoms with Crippen LogP contribution in [0.3, 0.4) is 0 Å². The van der Waals surface area contributed by atoms with Gasteiger partial charge in [-0.25, -0.2) is 8.42 Å². The zero-order valence-electron chi connectivity index (χ0n) is 21.8. The number of carbonyl (C=O) groups excluding carboxylic acids is 2. The number of benzene rings is 2. The zero-order valence-corrected chi connectivity index (χ0v) is 24.2. The number of carbonyl (C=O) groups is 2. The summed E-state index contributed by atoms with van der Waals surface area (Å²) in [5.41, 5.74) is 1.16. The van der Waals surface area contributed by atoms with Crippen LogP contribution in [0, 0.1) is 5.92 Å². The molecule has 0 saturated heterocycles. The number of nitrogens with one attached hydrogen (secondary N) is 1. The molecule has 0 spiro atoms. The molecule has 1 N–H and O–H groups in total. The number of nitrogens with zero attached hydrogens (tertiary/aromatic N) is 2. The van der Waals surface area contributed by atoms with Gasteiger partial charge in [0.25, 0.3) is 0 Å². The lowest BCUT2D eigenvalue weighted by molar-refractivity contribution is -0.140. The van der Waals surface area contributed by atoms with E-state index in [9.17, 15) is 18.0 Å². The Kier molecular flexibility index (Phi) is 11.5. The second kappa shape index (κ2) is 13.9. The number of ether oxygens (including phenoxy) is 1. The summed E-state index contributed by atoms with van der Waals surface area (Å²) < 4.78 is 31.3. The molecule has 0 radical (unpaired) electrons. The number of rotatable bonds is 13. The van der Waals surface area contributed by atoms with Crippen molar-refractivity contribution in [3.8, 4) is 5.75 Å². The largest absolute Gasteiger partial charge is 0.495 e. The van der Waals surface area contributed by atoms with E-state index in [1.165, 1.54) is 22.4 Å². The number of amides is 2. The van der Waals surface area contributed by atoms with Gasteiger partial charge in [0.05, 0.1) is 24.1 Å². The molecule has 2 aromatic rings. The summed E-state index contributed by atoms with van der Waals surface area (Å²) in [6.07, 6.45) is 1.37. The fraction of sp³-hybridized carbons (Fsp3) is 0.462. The summed E-state index contributed by atoms with van der Waals surface area (Å²) in [5.74, 6) is 0.167. The summed E-state index contributed by atoms with van der Waals surface area (Å²) in [4.78, 5) is 27.6. The van der Waals surface area contributed by atoms with Gasteiger partial charge in [0, 0.05) is 31.1 Å². The average Bonchev–Trinajstić information content (AvgIpc) is 2.82. The average molecular weight is 573 g/mol. The lowest BCUT2D eigenvalue weighted by atomic mass is 10.1. The van der Waals surface area contributed by atoms with E-state index in [0.717, 1.165) is 11.8 Å². The number of anilines is 1. The fourth-order valence-electron chi connectivity index (χ4n) is 3.68. The van der Waals surface area contributed by atoms with Crippen LogP contribution in [0.15, 0.2) is 42.5 Å². The van der Waals surface area contributed by atoms with Crippen molar-refractivity contribution in [2.75, 3.05) is 30.8 Å². The van der Waals surface area contributed by atoms with Gasteiger partial charge in [-0.2, -0.15) is 0 Å². The molecule has 37 heavy (non-hydrogen) atoms. The first-order valence-corrected chi connectivity index (χ1v) is 14.6. The van der Waals surface area contributed by atoms with E-state index in [2.05, 4.69) is 5.32 Å². The summed E-state index contributed by atoms with van der Waals surface area (Å²) in [7, 11) is -2.17. The summed E-state index contributed by atoms with van der Waals surface area (Å²) in [5, 5.41) is 3.68. The molecule has 8 nitrogen and oxygen atoms in total. The second-order valence-electron chi connectivity index (χ2n) is 9.22. The minimum atomic E-state index is -3.64. The maximum atomic E-state index is 13.3. The third-order valence-electron chi connectivity index (χ3n) is 5.67. The van der Waals surface area contributed by atoms with Crippen LogP contribution in [0.25, 0.3) is 0 Å². The maximum absolute atomic E-state index is 13.3. The topological polar surface area (TPSA) is 96.0 Å². The Labute approximate surface area is 229 Å².